The van der Waals surface area contributed by atoms with Crippen molar-refractivity contribution in [2.45, 2.75) is 39.2 Å². The Kier molecular flexibility index (Phi) is 7.10. The van der Waals surface area contributed by atoms with Gasteiger partial charge in [-0.15, -0.1) is 0 Å². The molecule has 27 heavy (non-hydrogen) atoms. The van der Waals surface area contributed by atoms with E-state index in [1.165, 1.54) is 0 Å². The third kappa shape index (κ3) is 5.91. The molecule has 0 aliphatic heterocycles. The van der Waals surface area contributed by atoms with Crippen molar-refractivity contribution in [3.63, 3.8) is 0 Å². The van der Waals surface area contributed by atoms with Crippen LogP contribution in [-0.2, 0) is 18.4 Å². The van der Waals surface area contributed by atoms with Crippen LogP contribution in [-0.4, -0.2) is 38.8 Å². The molecule has 0 unspecified atom stereocenters. The van der Waals surface area contributed by atoms with Crippen LogP contribution in [0.5, 0.6) is 11.5 Å². The lowest BCUT2D eigenvalue weighted by Crippen LogP contribution is -2.37. The maximum atomic E-state index is 5.78. The Morgan fingerprint density at radius 3 is 2.48 bits per heavy atom. The van der Waals surface area contributed by atoms with Gasteiger partial charge in [0.05, 0.1) is 27.0 Å². The maximum absolute atomic E-state index is 5.78. The van der Waals surface area contributed by atoms with Crippen molar-refractivity contribution in [2.24, 2.45) is 4.99 Å². The summed E-state index contributed by atoms with van der Waals surface area (Å²) in [6, 6.07) is 5.92. The Morgan fingerprint density at radius 1 is 1.15 bits per heavy atom. The van der Waals surface area contributed by atoms with E-state index >= 15 is 0 Å². The average molecular weight is 374 g/mol. The highest BCUT2D eigenvalue weighted by atomic mass is 16.5. The van der Waals surface area contributed by atoms with Gasteiger partial charge in [0.1, 0.15) is 5.76 Å². The second-order valence-corrected chi connectivity index (χ2v) is 7.16. The molecule has 0 aliphatic rings. The van der Waals surface area contributed by atoms with Gasteiger partial charge in [-0.2, -0.15) is 0 Å². The minimum Gasteiger partial charge on any atom is -0.493 e. The average Bonchev–Trinajstić information content (AvgIpc) is 3.13. The molecule has 2 N–H and O–H groups in total. The second kappa shape index (κ2) is 9.30. The molecule has 0 saturated heterocycles. The van der Waals surface area contributed by atoms with Crippen LogP contribution in [0.4, 0.5) is 0 Å². The van der Waals surface area contributed by atoms with Crippen LogP contribution in [0.2, 0.25) is 0 Å². The number of aromatic nitrogens is 1. The van der Waals surface area contributed by atoms with Crippen LogP contribution in [0.1, 0.15) is 38.0 Å². The lowest BCUT2D eigenvalue weighted by Gasteiger charge is -2.13. The lowest BCUT2D eigenvalue weighted by atomic mass is 9.94. The molecule has 0 bridgehead atoms. The smallest absolute Gasteiger partial charge is 0.213 e. The molecule has 0 atom stereocenters. The van der Waals surface area contributed by atoms with Gasteiger partial charge in [-0.1, -0.05) is 26.8 Å². The summed E-state index contributed by atoms with van der Waals surface area (Å²) in [4.78, 5) is 8.55. The van der Waals surface area contributed by atoms with Crippen LogP contribution < -0.4 is 20.1 Å². The van der Waals surface area contributed by atoms with E-state index in [2.05, 4.69) is 41.4 Å². The highest BCUT2D eigenvalue weighted by Gasteiger charge is 2.19. The number of hydrogen-bond acceptors (Lipinski definition) is 5. The molecule has 1 heterocycles. The number of methoxy groups -OCH3 is 2. The van der Waals surface area contributed by atoms with Gasteiger partial charge in [0, 0.05) is 19.0 Å². The van der Waals surface area contributed by atoms with Crippen LogP contribution in [0.3, 0.4) is 0 Å². The predicted molar refractivity (Wildman–Crippen MR) is 107 cm³/mol. The number of nitrogens with zero attached hydrogens (tertiary/aromatic N) is 2. The lowest BCUT2D eigenvalue weighted by molar-refractivity contribution is 0.354. The number of aliphatic imine (C=N–C) groups is 1. The summed E-state index contributed by atoms with van der Waals surface area (Å²) in [5, 5.41) is 6.50. The van der Waals surface area contributed by atoms with Crippen molar-refractivity contribution >= 4 is 5.96 Å². The van der Waals surface area contributed by atoms with Gasteiger partial charge >= 0.3 is 0 Å². The fourth-order valence-electron chi connectivity index (χ4n) is 2.48. The highest BCUT2D eigenvalue weighted by Crippen LogP contribution is 2.27. The molecule has 1 aromatic heterocycles. The van der Waals surface area contributed by atoms with Gasteiger partial charge in [-0.3, -0.25) is 4.99 Å². The summed E-state index contributed by atoms with van der Waals surface area (Å²) in [7, 11) is 5.01. The molecule has 0 radical (unpaired) electrons. The van der Waals surface area contributed by atoms with Gasteiger partial charge in [0.2, 0.25) is 5.89 Å². The first-order chi connectivity index (χ1) is 12.9. The quantitative estimate of drug-likeness (QED) is 0.573. The zero-order chi connectivity index (χ0) is 19.9. The molecule has 0 aliphatic carbocycles. The molecule has 2 aromatic rings. The normalized spacial score (nSPS) is 12.0. The van der Waals surface area contributed by atoms with E-state index in [1.807, 2.05) is 18.2 Å². The molecular formula is C20H30N4O3. The van der Waals surface area contributed by atoms with Crippen molar-refractivity contribution in [3.05, 3.63) is 41.6 Å². The number of oxazole rings is 1. The number of nitrogens with one attached hydrogen (secondary N) is 2. The fraction of sp³-hybridized carbons (Fsp3) is 0.500. The number of benzene rings is 1. The van der Waals surface area contributed by atoms with E-state index in [-0.39, 0.29) is 5.41 Å². The SMILES string of the molecule is CN=C(NCCc1ccc(OC)c(OC)c1)NCc1ncc(C(C)(C)C)o1. The summed E-state index contributed by atoms with van der Waals surface area (Å²) in [6.07, 6.45) is 2.61. The Morgan fingerprint density at radius 2 is 1.89 bits per heavy atom. The number of guanidine groups is 1. The van der Waals surface area contributed by atoms with E-state index in [4.69, 9.17) is 13.9 Å². The standard InChI is InChI=1S/C20H30N4O3/c1-20(2,3)17-12-23-18(27-17)13-24-19(21-4)22-10-9-14-7-8-15(25-5)16(11-14)26-6/h7-8,11-12H,9-10,13H2,1-6H3,(H2,21,22,24). The first-order valence-electron chi connectivity index (χ1n) is 8.98. The van der Waals surface area contributed by atoms with Crippen molar-refractivity contribution in [1.82, 2.24) is 15.6 Å². The second-order valence-electron chi connectivity index (χ2n) is 7.16. The molecule has 7 nitrogen and oxygen atoms in total. The third-order valence-electron chi connectivity index (χ3n) is 4.08. The highest BCUT2D eigenvalue weighted by molar-refractivity contribution is 5.79. The van der Waals surface area contributed by atoms with Crippen molar-refractivity contribution in [1.29, 1.82) is 0 Å². The topological polar surface area (TPSA) is 80.9 Å². The molecule has 7 heteroatoms. The molecule has 0 amide bonds. The van der Waals surface area contributed by atoms with Gasteiger partial charge in [0.15, 0.2) is 17.5 Å². The van der Waals surface area contributed by atoms with E-state index in [1.54, 1.807) is 27.5 Å². The van der Waals surface area contributed by atoms with Crippen LogP contribution in [0.25, 0.3) is 0 Å². The number of hydrogen-bond donors (Lipinski definition) is 2. The molecule has 148 valence electrons. The zero-order valence-corrected chi connectivity index (χ0v) is 17.0. The van der Waals surface area contributed by atoms with E-state index in [0.29, 0.717) is 18.4 Å². The first kappa shape index (κ1) is 20.6. The van der Waals surface area contributed by atoms with Gasteiger partial charge in [0.25, 0.3) is 0 Å². The van der Waals surface area contributed by atoms with Crippen molar-refractivity contribution in [2.75, 3.05) is 27.8 Å². The Balaban J connectivity index is 1.83. The largest absolute Gasteiger partial charge is 0.493 e. The molecule has 0 fully saturated rings. The van der Waals surface area contributed by atoms with Crippen LogP contribution in [0.15, 0.2) is 33.8 Å². The minimum absolute atomic E-state index is 0.0510. The summed E-state index contributed by atoms with van der Waals surface area (Å²) in [5.41, 5.74) is 1.10. The zero-order valence-electron chi connectivity index (χ0n) is 17.0. The molecule has 1 aromatic carbocycles. The molecule has 0 spiro atoms. The van der Waals surface area contributed by atoms with Gasteiger partial charge < -0.3 is 24.5 Å². The summed E-state index contributed by atoms with van der Waals surface area (Å²) < 4.78 is 16.4. The summed E-state index contributed by atoms with van der Waals surface area (Å²) >= 11 is 0. The molecular weight excluding hydrogens is 344 g/mol. The molecule has 0 saturated carbocycles. The maximum Gasteiger partial charge on any atom is 0.213 e. The molecule has 2 rings (SSSR count). The van der Waals surface area contributed by atoms with E-state index < -0.39 is 0 Å². The van der Waals surface area contributed by atoms with Gasteiger partial charge in [-0.05, 0) is 24.1 Å². The Bertz CT molecular complexity index is 763. The minimum atomic E-state index is -0.0510. The number of ether oxygens (including phenoxy) is 2. The van der Waals surface area contributed by atoms with E-state index in [0.717, 1.165) is 35.8 Å². The first-order valence-corrected chi connectivity index (χ1v) is 8.98. The van der Waals surface area contributed by atoms with Crippen molar-refractivity contribution in [3.8, 4) is 11.5 Å². The summed E-state index contributed by atoms with van der Waals surface area (Å²) in [6.45, 7) is 7.50. The summed E-state index contributed by atoms with van der Waals surface area (Å²) in [5.74, 6) is 3.67. The Labute approximate surface area is 161 Å². The predicted octanol–water partition coefficient (Wildman–Crippen LogP) is 2.90. The van der Waals surface area contributed by atoms with Gasteiger partial charge in [-0.25, -0.2) is 4.98 Å². The number of rotatable bonds is 7. The van der Waals surface area contributed by atoms with E-state index in [9.17, 15) is 0 Å². The van der Waals surface area contributed by atoms with Crippen LogP contribution in [0, 0.1) is 0 Å². The Hall–Kier alpha value is -2.70. The monoisotopic (exact) mass is 374 g/mol. The fourth-order valence-corrected chi connectivity index (χ4v) is 2.48. The van der Waals surface area contributed by atoms with Crippen LogP contribution >= 0.6 is 0 Å². The van der Waals surface area contributed by atoms with Crippen molar-refractivity contribution < 1.29 is 13.9 Å². The third-order valence-corrected chi connectivity index (χ3v) is 4.08.